The normalized spacial score (nSPS) is 22.1. The van der Waals surface area contributed by atoms with E-state index in [4.69, 9.17) is 5.73 Å². The maximum atomic E-state index is 12.1. The second kappa shape index (κ2) is 5.72. The molecule has 1 heterocycles. The molecule has 1 saturated heterocycles. The van der Waals surface area contributed by atoms with Crippen molar-refractivity contribution >= 4 is 17.5 Å². The highest BCUT2D eigenvalue weighted by Crippen LogP contribution is 2.35. The second-order valence-corrected chi connectivity index (χ2v) is 6.49. The Morgan fingerprint density at radius 1 is 0.955 bits per heavy atom. The molecule has 1 aromatic rings. The molecule has 5 heteroatoms. The van der Waals surface area contributed by atoms with Crippen molar-refractivity contribution in [1.82, 2.24) is 4.90 Å². The molecule has 0 radical (unpaired) electrons. The summed E-state index contributed by atoms with van der Waals surface area (Å²) < 4.78 is 0. The topological polar surface area (TPSA) is 66.6 Å². The van der Waals surface area contributed by atoms with Crippen LogP contribution in [-0.4, -0.2) is 36.9 Å². The lowest BCUT2D eigenvalue weighted by atomic mass is 9.77. The third kappa shape index (κ3) is 2.73. The van der Waals surface area contributed by atoms with Gasteiger partial charge in [-0.1, -0.05) is 31.4 Å². The number of nitrogens with zero attached hydrogens (tertiary/aromatic N) is 2. The van der Waals surface area contributed by atoms with Crippen LogP contribution in [0.3, 0.4) is 0 Å². The standard InChI is InChI=1S/C17H23N3O2/c1-19-11-16(22)20(12-15(19)21)14-7-5-13(6-8-14)17(18)9-3-2-4-10-17/h5-8H,2-4,9-12,18H2,1H3. The number of rotatable bonds is 2. The molecular formula is C17H23N3O2. The van der Waals surface area contributed by atoms with Crippen molar-refractivity contribution in [2.24, 2.45) is 5.73 Å². The Morgan fingerprint density at radius 3 is 2.23 bits per heavy atom. The fourth-order valence-electron chi connectivity index (χ4n) is 3.40. The lowest BCUT2D eigenvalue weighted by Gasteiger charge is -2.35. The Kier molecular flexibility index (Phi) is 3.91. The first kappa shape index (κ1) is 15.0. The first-order valence-corrected chi connectivity index (χ1v) is 7.93. The molecule has 3 rings (SSSR count). The van der Waals surface area contributed by atoms with E-state index in [1.54, 1.807) is 11.9 Å². The van der Waals surface area contributed by atoms with Gasteiger partial charge in [0.25, 0.3) is 0 Å². The summed E-state index contributed by atoms with van der Waals surface area (Å²) in [5.74, 6) is -0.0822. The number of benzene rings is 1. The zero-order valence-corrected chi connectivity index (χ0v) is 13.0. The number of anilines is 1. The average Bonchev–Trinajstić information content (AvgIpc) is 2.52. The molecule has 1 aromatic carbocycles. The first-order valence-electron chi connectivity index (χ1n) is 7.93. The zero-order valence-electron chi connectivity index (χ0n) is 13.0. The van der Waals surface area contributed by atoms with Crippen LogP contribution in [0.5, 0.6) is 0 Å². The van der Waals surface area contributed by atoms with Crippen molar-refractivity contribution in [1.29, 1.82) is 0 Å². The van der Waals surface area contributed by atoms with Crippen LogP contribution in [-0.2, 0) is 15.1 Å². The van der Waals surface area contributed by atoms with Crippen LogP contribution in [0, 0.1) is 0 Å². The summed E-state index contributed by atoms with van der Waals surface area (Å²) in [5.41, 5.74) is 8.20. The van der Waals surface area contributed by atoms with Gasteiger partial charge in [-0.2, -0.15) is 0 Å². The summed E-state index contributed by atoms with van der Waals surface area (Å²) in [5, 5.41) is 0. The van der Waals surface area contributed by atoms with E-state index < -0.39 is 0 Å². The van der Waals surface area contributed by atoms with E-state index in [-0.39, 0.29) is 30.4 Å². The Labute approximate surface area is 131 Å². The summed E-state index contributed by atoms with van der Waals surface area (Å²) in [4.78, 5) is 26.9. The fourth-order valence-corrected chi connectivity index (χ4v) is 3.40. The van der Waals surface area contributed by atoms with Gasteiger partial charge in [-0.3, -0.25) is 9.59 Å². The van der Waals surface area contributed by atoms with Gasteiger partial charge in [-0.25, -0.2) is 0 Å². The van der Waals surface area contributed by atoms with E-state index in [1.807, 2.05) is 24.3 Å². The highest BCUT2D eigenvalue weighted by Gasteiger charge is 2.31. The number of piperazine rings is 1. The Balaban J connectivity index is 1.79. The first-order chi connectivity index (χ1) is 10.5. The molecule has 2 amide bonds. The zero-order chi connectivity index (χ0) is 15.7. The van der Waals surface area contributed by atoms with Gasteiger partial charge in [-0.15, -0.1) is 0 Å². The van der Waals surface area contributed by atoms with Gasteiger partial charge in [0.15, 0.2) is 0 Å². The maximum Gasteiger partial charge on any atom is 0.247 e. The predicted octanol–water partition coefficient (Wildman–Crippen LogP) is 1.61. The van der Waals surface area contributed by atoms with Crippen LogP contribution in [0.2, 0.25) is 0 Å². The van der Waals surface area contributed by atoms with Crippen molar-refractivity contribution in [2.75, 3.05) is 25.0 Å². The Morgan fingerprint density at radius 2 is 1.59 bits per heavy atom. The number of amides is 2. The molecule has 0 bridgehead atoms. The summed E-state index contributed by atoms with van der Waals surface area (Å²) >= 11 is 0. The SMILES string of the molecule is CN1CC(=O)N(c2ccc(C3(N)CCCCC3)cc2)CC1=O. The van der Waals surface area contributed by atoms with E-state index in [9.17, 15) is 9.59 Å². The number of carbonyl (C=O) groups is 2. The Bertz CT molecular complexity index is 576. The molecular weight excluding hydrogens is 278 g/mol. The average molecular weight is 301 g/mol. The minimum absolute atomic E-state index is 0.0359. The van der Waals surface area contributed by atoms with Crippen molar-refractivity contribution < 1.29 is 9.59 Å². The van der Waals surface area contributed by atoms with Gasteiger partial charge in [0.1, 0.15) is 6.54 Å². The van der Waals surface area contributed by atoms with Gasteiger partial charge < -0.3 is 15.5 Å². The van der Waals surface area contributed by atoms with Gasteiger partial charge in [0, 0.05) is 18.3 Å². The van der Waals surface area contributed by atoms with Gasteiger partial charge in [0.05, 0.1) is 6.54 Å². The van der Waals surface area contributed by atoms with Gasteiger partial charge >= 0.3 is 0 Å². The molecule has 22 heavy (non-hydrogen) atoms. The highest BCUT2D eigenvalue weighted by molar-refractivity contribution is 6.04. The van der Waals surface area contributed by atoms with Crippen molar-refractivity contribution in [2.45, 2.75) is 37.6 Å². The van der Waals surface area contributed by atoms with Crippen molar-refractivity contribution in [3.8, 4) is 0 Å². The van der Waals surface area contributed by atoms with Crippen LogP contribution in [0.4, 0.5) is 5.69 Å². The lowest BCUT2D eigenvalue weighted by molar-refractivity contribution is -0.136. The summed E-state index contributed by atoms with van der Waals surface area (Å²) in [6.07, 6.45) is 5.62. The van der Waals surface area contributed by atoms with E-state index >= 15 is 0 Å². The monoisotopic (exact) mass is 301 g/mol. The van der Waals surface area contributed by atoms with Gasteiger partial charge in [0.2, 0.25) is 11.8 Å². The van der Waals surface area contributed by atoms with Crippen molar-refractivity contribution in [3.63, 3.8) is 0 Å². The summed E-state index contributed by atoms with van der Waals surface area (Å²) in [6.45, 7) is 0.254. The van der Waals surface area contributed by atoms with E-state index in [1.165, 1.54) is 24.2 Å². The Hall–Kier alpha value is -1.88. The highest BCUT2D eigenvalue weighted by atomic mass is 16.2. The molecule has 1 aliphatic heterocycles. The number of carbonyl (C=O) groups excluding carboxylic acids is 2. The molecule has 2 fully saturated rings. The van der Waals surface area contributed by atoms with Crippen LogP contribution >= 0.6 is 0 Å². The molecule has 118 valence electrons. The summed E-state index contributed by atoms with van der Waals surface area (Å²) in [6, 6.07) is 7.84. The third-order valence-electron chi connectivity index (χ3n) is 4.89. The van der Waals surface area contributed by atoms with Crippen LogP contribution in [0.1, 0.15) is 37.7 Å². The molecule has 0 unspecified atom stereocenters. The molecule has 2 N–H and O–H groups in total. The fraction of sp³-hybridized carbons (Fsp3) is 0.529. The molecule has 0 atom stereocenters. The second-order valence-electron chi connectivity index (χ2n) is 6.49. The smallest absolute Gasteiger partial charge is 0.247 e. The van der Waals surface area contributed by atoms with Crippen LogP contribution in [0.25, 0.3) is 0 Å². The van der Waals surface area contributed by atoms with E-state index in [0.29, 0.717) is 0 Å². The number of likely N-dealkylation sites (N-methyl/N-ethyl adjacent to an activating group) is 1. The number of hydrogen-bond donors (Lipinski definition) is 1. The largest absolute Gasteiger partial charge is 0.335 e. The summed E-state index contributed by atoms with van der Waals surface area (Å²) in [7, 11) is 1.65. The molecule has 1 saturated carbocycles. The molecule has 0 spiro atoms. The van der Waals surface area contributed by atoms with E-state index in [2.05, 4.69) is 0 Å². The molecule has 0 aromatic heterocycles. The van der Waals surface area contributed by atoms with E-state index in [0.717, 1.165) is 24.1 Å². The molecule has 5 nitrogen and oxygen atoms in total. The van der Waals surface area contributed by atoms with Crippen LogP contribution < -0.4 is 10.6 Å². The minimum Gasteiger partial charge on any atom is -0.335 e. The van der Waals surface area contributed by atoms with Crippen molar-refractivity contribution in [3.05, 3.63) is 29.8 Å². The third-order valence-corrected chi connectivity index (χ3v) is 4.89. The molecule has 2 aliphatic rings. The predicted molar refractivity (Wildman–Crippen MR) is 85.4 cm³/mol. The van der Waals surface area contributed by atoms with Crippen LogP contribution in [0.15, 0.2) is 24.3 Å². The quantitative estimate of drug-likeness (QED) is 0.902. The minimum atomic E-state index is -0.237. The van der Waals surface area contributed by atoms with Gasteiger partial charge in [-0.05, 0) is 30.5 Å². The number of hydrogen-bond acceptors (Lipinski definition) is 3. The number of nitrogens with two attached hydrogens (primary N) is 1. The maximum absolute atomic E-state index is 12.1. The lowest BCUT2D eigenvalue weighted by Crippen LogP contribution is -2.52. The molecule has 1 aliphatic carbocycles.